The van der Waals surface area contributed by atoms with Crippen LogP contribution in [0.25, 0.3) is 0 Å². The van der Waals surface area contributed by atoms with Crippen LogP contribution in [0.15, 0.2) is 11.6 Å². The third-order valence-electron chi connectivity index (χ3n) is 1.01. The minimum absolute atomic E-state index is 0.461. The lowest BCUT2D eigenvalue weighted by Crippen LogP contribution is -2.03. The monoisotopic (exact) mass is 130 g/mol. The molecule has 0 aliphatic rings. The van der Waals surface area contributed by atoms with Gasteiger partial charge in [0, 0.05) is 6.08 Å². The van der Waals surface area contributed by atoms with Gasteiger partial charge in [-0.15, -0.1) is 0 Å². The number of aliphatic hydroxyl groups is 1. The van der Waals surface area contributed by atoms with Crippen molar-refractivity contribution in [3.05, 3.63) is 11.6 Å². The van der Waals surface area contributed by atoms with E-state index in [1.807, 2.05) is 0 Å². The molecular weight excluding hydrogens is 120 g/mol. The van der Waals surface area contributed by atoms with Gasteiger partial charge in [0.25, 0.3) is 0 Å². The zero-order valence-corrected chi connectivity index (χ0v) is 5.46. The number of carbonyl (C=O) groups is 1. The number of carboxylic acids is 1. The topological polar surface area (TPSA) is 57.5 Å². The van der Waals surface area contributed by atoms with Crippen molar-refractivity contribution in [2.24, 2.45) is 0 Å². The SMILES string of the molecule is C/C(=C/C(=O)O)C(C)O. The maximum Gasteiger partial charge on any atom is 0.328 e. The smallest absolute Gasteiger partial charge is 0.328 e. The summed E-state index contributed by atoms with van der Waals surface area (Å²) in [5.41, 5.74) is 0.461. The highest BCUT2D eigenvalue weighted by atomic mass is 16.4. The van der Waals surface area contributed by atoms with Crippen LogP contribution in [0.2, 0.25) is 0 Å². The largest absolute Gasteiger partial charge is 0.478 e. The first-order chi connectivity index (χ1) is 4.04. The highest BCUT2D eigenvalue weighted by Crippen LogP contribution is 1.97. The molecule has 0 bridgehead atoms. The highest BCUT2D eigenvalue weighted by Gasteiger charge is 1.98. The first-order valence-electron chi connectivity index (χ1n) is 2.63. The third kappa shape index (κ3) is 3.73. The summed E-state index contributed by atoms with van der Waals surface area (Å²) in [6.07, 6.45) is 0.325. The van der Waals surface area contributed by atoms with Gasteiger partial charge in [0.2, 0.25) is 0 Å². The molecule has 9 heavy (non-hydrogen) atoms. The van der Waals surface area contributed by atoms with Crippen LogP contribution in [0.5, 0.6) is 0 Å². The molecule has 0 aromatic carbocycles. The Morgan fingerprint density at radius 2 is 2.11 bits per heavy atom. The van der Waals surface area contributed by atoms with Gasteiger partial charge in [-0.25, -0.2) is 4.79 Å². The van der Waals surface area contributed by atoms with E-state index in [0.29, 0.717) is 5.57 Å². The van der Waals surface area contributed by atoms with E-state index in [4.69, 9.17) is 10.2 Å². The second-order valence-corrected chi connectivity index (χ2v) is 1.90. The molecule has 3 heteroatoms. The Morgan fingerprint density at radius 3 is 2.22 bits per heavy atom. The van der Waals surface area contributed by atoms with Gasteiger partial charge in [-0.05, 0) is 19.4 Å². The summed E-state index contributed by atoms with van der Waals surface area (Å²) < 4.78 is 0. The predicted octanol–water partition coefficient (Wildman–Crippen LogP) is 0.398. The maximum atomic E-state index is 9.93. The number of aliphatic carboxylic acids is 1. The van der Waals surface area contributed by atoms with Crippen LogP contribution < -0.4 is 0 Å². The molecule has 0 saturated carbocycles. The number of aliphatic hydroxyl groups excluding tert-OH is 1. The minimum Gasteiger partial charge on any atom is -0.478 e. The van der Waals surface area contributed by atoms with Crippen LogP contribution in [-0.2, 0) is 4.79 Å². The summed E-state index contributed by atoms with van der Waals surface area (Å²) in [7, 11) is 0. The van der Waals surface area contributed by atoms with Gasteiger partial charge in [0.15, 0.2) is 0 Å². The van der Waals surface area contributed by atoms with Gasteiger partial charge in [0.05, 0.1) is 6.10 Å². The first-order valence-corrected chi connectivity index (χ1v) is 2.63. The average Bonchev–Trinajstić information content (AvgIpc) is 1.63. The molecule has 0 amide bonds. The van der Waals surface area contributed by atoms with E-state index in [9.17, 15) is 4.79 Å². The summed E-state index contributed by atoms with van der Waals surface area (Å²) in [6.45, 7) is 3.09. The van der Waals surface area contributed by atoms with Crippen LogP contribution in [-0.4, -0.2) is 22.3 Å². The Bertz CT molecular complexity index is 135. The molecule has 0 radical (unpaired) electrons. The van der Waals surface area contributed by atoms with E-state index < -0.39 is 12.1 Å². The zero-order chi connectivity index (χ0) is 7.44. The van der Waals surface area contributed by atoms with Crippen molar-refractivity contribution < 1.29 is 15.0 Å². The second kappa shape index (κ2) is 3.25. The molecular formula is C6H10O3. The van der Waals surface area contributed by atoms with E-state index in [2.05, 4.69) is 0 Å². The van der Waals surface area contributed by atoms with Gasteiger partial charge in [-0.1, -0.05) is 0 Å². The first kappa shape index (κ1) is 8.17. The summed E-state index contributed by atoms with van der Waals surface area (Å²) in [6, 6.07) is 0. The van der Waals surface area contributed by atoms with Gasteiger partial charge in [-0.2, -0.15) is 0 Å². The molecule has 0 fully saturated rings. The van der Waals surface area contributed by atoms with Crippen molar-refractivity contribution in [2.45, 2.75) is 20.0 Å². The van der Waals surface area contributed by atoms with Crippen LogP contribution in [0.1, 0.15) is 13.8 Å². The molecule has 0 saturated heterocycles. The Balaban J connectivity index is 4.00. The van der Waals surface area contributed by atoms with E-state index in [1.165, 1.54) is 6.92 Å². The van der Waals surface area contributed by atoms with E-state index in [0.717, 1.165) is 6.08 Å². The van der Waals surface area contributed by atoms with Crippen LogP contribution >= 0.6 is 0 Å². The molecule has 0 rings (SSSR count). The summed E-state index contributed by atoms with van der Waals surface area (Å²) in [5, 5.41) is 16.9. The van der Waals surface area contributed by atoms with Crippen molar-refractivity contribution in [3.63, 3.8) is 0 Å². The molecule has 0 spiro atoms. The van der Waals surface area contributed by atoms with Crippen molar-refractivity contribution in [1.29, 1.82) is 0 Å². The maximum absolute atomic E-state index is 9.93. The molecule has 52 valence electrons. The minimum atomic E-state index is -1.02. The van der Waals surface area contributed by atoms with E-state index >= 15 is 0 Å². The molecule has 3 nitrogen and oxygen atoms in total. The second-order valence-electron chi connectivity index (χ2n) is 1.90. The fourth-order valence-electron chi connectivity index (χ4n) is 0.315. The zero-order valence-electron chi connectivity index (χ0n) is 5.46. The molecule has 0 aliphatic carbocycles. The highest BCUT2D eigenvalue weighted by molar-refractivity contribution is 5.80. The Morgan fingerprint density at radius 1 is 1.67 bits per heavy atom. The van der Waals surface area contributed by atoms with Gasteiger partial charge in [0.1, 0.15) is 0 Å². The molecule has 1 unspecified atom stereocenters. The molecule has 0 aliphatic heterocycles. The van der Waals surface area contributed by atoms with Gasteiger partial charge in [-0.3, -0.25) is 0 Å². The normalized spacial score (nSPS) is 15.2. The molecule has 1 atom stereocenters. The predicted molar refractivity (Wildman–Crippen MR) is 33.1 cm³/mol. The van der Waals surface area contributed by atoms with Gasteiger partial charge >= 0.3 is 5.97 Å². The Hall–Kier alpha value is -0.830. The van der Waals surface area contributed by atoms with Crippen molar-refractivity contribution in [2.75, 3.05) is 0 Å². The van der Waals surface area contributed by atoms with Crippen molar-refractivity contribution in [3.8, 4) is 0 Å². The molecule has 0 heterocycles. The van der Waals surface area contributed by atoms with Crippen molar-refractivity contribution >= 4 is 5.97 Å². The molecule has 0 aromatic rings. The third-order valence-corrected chi connectivity index (χ3v) is 1.01. The average molecular weight is 130 g/mol. The lowest BCUT2D eigenvalue weighted by molar-refractivity contribution is -0.131. The number of rotatable bonds is 2. The quantitative estimate of drug-likeness (QED) is 0.532. The Kier molecular flexibility index (Phi) is 2.95. The number of carboxylic acid groups (broad SMARTS) is 1. The fraction of sp³-hybridized carbons (Fsp3) is 0.500. The van der Waals surface area contributed by atoms with Crippen LogP contribution in [0.3, 0.4) is 0 Å². The molecule has 2 N–H and O–H groups in total. The van der Waals surface area contributed by atoms with E-state index in [1.54, 1.807) is 6.92 Å². The molecule has 0 aromatic heterocycles. The summed E-state index contributed by atoms with van der Waals surface area (Å²) in [5.74, 6) is -1.02. The standard InChI is InChI=1S/C6H10O3/c1-4(5(2)7)3-6(8)9/h3,5,7H,1-2H3,(H,8,9)/b4-3-. The van der Waals surface area contributed by atoms with Crippen LogP contribution in [0, 0.1) is 0 Å². The summed E-state index contributed by atoms with van der Waals surface area (Å²) in [4.78, 5) is 9.93. The van der Waals surface area contributed by atoms with E-state index in [-0.39, 0.29) is 0 Å². The van der Waals surface area contributed by atoms with Crippen LogP contribution in [0.4, 0.5) is 0 Å². The number of hydrogen-bond acceptors (Lipinski definition) is 2. The van der Waals surface area contributed by atoms with Gasteiger partial charge < -0.3 is 10.2 Å². The van der Waals surface area contributed by atoms with Crippen molar-refractivity contribution in [1.82, 2.24) is 0 Å². The number of hydrogen-bond donors (Lipinski definition) is 2. The lowest BCUT2D eigenvalue weighted by Gasteiger charge is -2.00. The fourth-order valence-corrected chi connectivity index (χ4v) is 0.315. The summed E-state index contributed by atoms with van der Waals surface area (Å²) >= 11 is 0. The lowest BCUT2D eigenvalue weighted by atomic mass is 10.2. The Labute approximate surface area is 53.6 Å².